The summed E-state index contributed by atoms with van der Waals surface area (Å²) in [6.45, 7) is 5.74. The molecule has 2 aromatic heterocycles. The molecule has 1 saturated heterocycles. The van der Waals surface area contributed by atoms with Crippen LogP contribution in [0, 0.1) is 5.82 Å². The number of amides is 1. The first kappa shape index (κ1) is 25.9. The largest absolute Gasteiger partial charge is 0.486 e. The Morgan fingerprint density at radius 2 is 1.94 bits per heavy atom. The predicted molar refractivity (Wildman–Crippen MR) is 137 cm³/mol. The smallest absolute Gasteiger partial charge is 0.250 e. The highest BCUT2D eigenvalue weighted by Crippen LogP contribution is 2.36. The Bertz CT molecular complexity index is 1430. The first-order chi connectivity index (χ1) is 16.8. The zero-order valence-corrected chi connectivity index (χ0v) is 21.8. The van der Waals surface area contributed by atoms with Crippen LogP contribution in [0.3, 0.4) is 0 Å². The number of nitrogens with two attached hydrogens (primary N) is 1. The van der Waals surface area contributed by atoms with E-state index in [0.717, 1.165) is 19.3 Å². The number of likely N-dealkylation sites (tertiary alicyclic amines) is 1. The Labute approximate surface area is 214 Å². The highest BCUT2D eigenvalue weighted by molar-refractivity contribution is 7.92. The highest BCUT2D eigenvalue weighted by atomic mass is 35.5. The van der Waals surface area contributed by atoms with Crippen molar-refractivity contribution in [2.75, 3.05) is 24.1 Å². The van der Waals surface area contributed by atoms with Gasteiger partial charge >= 0.3 is 0 Å². The molecule has 36 heavy (non-hydrogen) atoms. The number of rotatable bonds is 8. The molecule has 0 spiro atoms. The molecule has 3 N–H and O–H groups in total. The zero-order valence-electron chi connectivity index (χ0n) is 20.2. The van der Waals surface area contributed by atoms with Crippen molar-refractivity contribution in [3.63, 3.8) is 0 Å². The number of carbonyl (C=O) groups excluding carboxylic acids is 1. The van der Waals surface area contributed by atoms with Crippen LogP contribution in [0.1, 0.15) is 24.2 Å². The molecule has 0 saturated carbocycles. The van der Waals surface area contributed by atoms with E-state index in [1.54, 1.807) is 17.7 Å². The number of carbonyl (C=O) groups is 1. The fourth-order valence-corrected chi connectivity index (χ4v) is 4.98. The molecule has 9 nitrogen and oxygen atoms in total. The molecule has 0 aliphatic carbocycles. The number of nitrogens with one attached hydrogen (secondary N) is 1. The quantitative estimate of drug-likeness (QED) is 0.455. The van der Waals surface area contributed by atoms with Crippen LogP contribution in [0.2, 0.25) is 5.02 Å². The van der Waals surface area contributed by atoms with E-state index in [1.807, 2.05) is 0 Å². The van der Waals surface area contributed by atoms with Gasteiger partial charge in [-0.3, -0.25) is 14.4 Å². The van der Waals surface area contributed by atoms with Gasteiger partial charge in [0, 0.05) is 42.8 Å². The van der Waals surface area contributed by atoms with Gasteiger partial charge in [-0.1, -0.05) is 11.6 Å². The summed E-state index contributed by atoms with van der Waals surface area (Å²) in [6, 6.07) is 7.64. The Morgan fingerprint density at radius 1 is 1.25 bits per heavy atom. The van der Waals surface area contributed by atoms with Crippen molar-refractivity contribution in [1.82, 2.24) is 14.5 Å². The van der Waals surface area contributed by atoms with Gasteiger partial charge in [-0.2, -0.15) is 0 Å². The van der Waals surface area contributed by atoms with E-state index in [1.165, 1.54) is 30.5 Å². The number of anilines is 1. The van der Waals surface area contributed by atoms with Crippen LogP contribution in [-0.4, -0.2) is 60.3 Å². The van der Waals surface area contributed by atoms with Gasteiger partial charge in [0.2, 0.25) is 10.0 Å². The highest BCUT2D eigenvalue weighted by Gasteiger charge is 2.30. The Morgan fingerprint density at radius 3 is 2.53 bits per heavy atom. The van der Waals surface area contributed by atoms with E-state index < -0.39 is 21.7 Å². The molecule has 3 aromatic rings. The maximum Gasteiger partial charge on any atom is 0.250 e. The van der Waals surface area contributed by atoms with Gasteiger partial charge < -0.3 is 15.0 Å². The van der Waals surface area contributed by atoms with Crippen molar-refractivity contribution in [2.45, 2.75) is 26.0 Å². The van der Waals surface area contributed by atoms with Gasteiger partial charge in [0.05, 0.1) is 35.1 Å². The minimum absolute atomic E-state index is 0.00697. The molecule has 0 radical (unpaired) electrons. The van der Waals surface area contributed by atoms with Crippen LogP contribution in [0.25, 0.3) is 22.6 Å². The van der Waals surface area contributed by atoms with E-state index >= 15 is 4.39 Å². The fourth-order valence-electron chi connectivity index (χ4n) is 4.20. The van der Waals surface area contributed by atoms with E-state index in [9.17, 15) is 13.2 Å². The second-order valence-electron chi connectivity index (χ2n) is 9.11. The van der Waals surface area contributed by atoms with E-state index in [2.05, 4.69) is 28.5 Å². The lowest BCUT2D eigenvalue weighted by Crippen LogP contribution is -2.56. The summed E-state index contributed by atoms with van der Waals surface area (Å²) >= 11 is 6.21. The summed E-state index contributed by atoms with van der Waals surface area (Å²) in [6.07, 6.45) is 2.43. The third kappa shape index (κ3) is 5.48. The van der Waals surface area contributed by atoms with Crippen molar-refractivity contribution in [1.29, 1.82) is 0 Å². The Balaban J connectivity index is 1.70. The van der Waals surface area contributed by atoms with E-state index in [-0.39, 0.29) is 28.1 Å². The first-order valence-electron chi connectivity index (χ1n) is 11.2. The second-order valence-corrected chi connectivity index (χ2v) is 11.3. The maximum atomic E-state index is 15.2. The van der Waals surface area contributed by atoms with Crippen LogP contribution < -0.4 is 15.2 Å². The molecule has 1 aliphatic heterocycles. The summed E-state index contributed by atoms with van der Waals surface area (Å²) in [4.78, 5) is 18.8. The van der Waals surface area contributed by atoms with Gasteiger partial charge in [0.25, 0.3) is 5.91 Å². The molecule has 192 valence electrons. The number of halogens is 2. The normalized spacial score (nSPS) is 14.6. The van der Waals surface area contributed by atoms with Gasteiger partial charge in [0.1, 0.15) is 17.5 Å². The van der Waals surface area contributed by atoms with Crippen LogP contribution in [-0.2, 0) is 17.1 Å². The van der Waals surface area contributed by atoms with Gasteiger partial charge in [-0.15, -0.1) is 0 Å². The van der Waals surface area contributed by atoms with Crippen molar-refractivity contribution < 1.29 is 22.3 Å². The maximum absolute atomic E-state index is 15.2. The van der Waals surface area contributed by atoms with Crippen LogP contribution in [0.4, 0.5) is 10.1 Å². The average molecular weight is 536 g/mol. The minimum atomic E-state index is -3.57. The molecule has 1 amide bonds. The third-order valence-corrected chi connectivity index (χ3v) is 6.77. The third-order valence-electron chi connectivity index (χ3n) is 5.94. The summed E-state index contributed by atoms with van der Waals surface area (Å²) in [5.74, 6) is -1.05. The second kappa shape index (κ2) is 9.72. The molecule has 3 heterocycles. The summed E-state index contributed by atoms with van der Waals surface area (Å²) in [5, 5.41) is 0.231. The number of hydrogen-bond acceptors (Lipinski definition) is 6. The van der Waals surface area contributed by atoms with E-state index in [0.29, 0.717) is 28.7 Å². The molecule has 1 aliphatic rings. The number of sulfonamides is 1. The fraction of sp³-hybridized carbons (Fsp3) is 0.333. The van der Waals surface area contributed by atoms with Crippen molar-refractivity contribution in [3.8, 4) is 28.4 Å². The first-order valence-corrected chi connectivity index (χ1v) is 13.4. The number of aromatic nitrogens is 2. The summed E-state index contributed by atoms with van der Waals surface area (Å²) < 4.78 is 48.3. The monoisotopic (exact) mass is 535 g/mol. The molecule has 0 unspecified atom stereocenters. The summed E-state index contributed by atoms with van der Waals surface area (Å²) in [5.41, 5.74) is 6.99. The van der Waals surface area contributed by atoms with Crippen LogP contribution >= 0.6 is 11.6 Å². The number of pyridine rings is 1. The lowest BCUT2D eigenvalue weighted by Gasteiger charge is -2.41. The molecule has 12 heteroatoms. The van der Waals surface area contributed by atoms with Gasteiger partial charge in [0.15, 0.2) is 5.82 Å². The van der Waals surface area contributed by atoms with Crippen molar-refractivity contribution in [3.05, 3.63) is 52.9 Å². The van der Waals surface area contributed by atoms with Crippen LogP contribution in [0.15, 0.2) is 36.5 Å². The molecule has 4 rings (SSSR count). The molecule has 1 aromatic carbocycles. The molecule has 0 atom stereocenters. The molecular formula is C24H27ClFN5O4S. The average Bonchev–Trinajstić information content (AvgIpc) is 3.05. The van der Waals surface area contributed by atoms with Crippen molar-refractivity contribution in [2.24, 2.45) is 12.8 Å². The number of nitrogens with zero attached hydrogens (tertiary/aromatic N) is 3. The standard InChI is InChI=1S/C24H27ClFN5O4S/c1-13(2)31-11-18(12-31)35-17-8-20(26)22(28-10-17)21-9-19(24(27)32)23(30(21)3)14-5-15(25)7-16(6-14)29-36(4,33)34/h5-10,13,18,29H,11-12H2,1-4H3,(H2,27,32). The number of benzene rings is 1. The van der Waals surface area contributed by atoms with Crippen molar-refractivity contribution >= 4 is 33.2 Å². The topological polar surface area (TPSA) is 120 Å². The number of primary amides is 1. The summed E-state index contributed by atoms with van der Waals surface area (Å²) in [7, 11) is -1.95. The van der Waals surface area contributed by atoms with Crippen LogP contribution in [0.5, 0.6) is 5.75 Å². The predicted octanol–water partition coefficient (Wildman–Crippen LogP) is 3.49. The SMILES string of the molecule is CC(C)N1CC(Oc2cnc(-c3cc(C(N)=O)c(-c4cc(Cl)cc(NS(C)(=O)=O)c4)n3C)c(F)c2)C1. The molecule has 1 fully saturated rings. The molecular weight excluding hydrogens is 509 g/mol. The number of hydrogen-bond donors (Lipinski definition) is 2. The Kier molecular flexibility index (Phi) is 7.00. The lowest BCUT2D eigenvalue weighted by atomic mass is 10.1. The zero-order chi connectivity index (χ0) is 26.4. The Hall–Kier alpha value is -3.15. The molecule has 0 bridgehead atoms. The lowest BCUT2D eigenvalue weighted by molar-refractivity contribution is -0.000177. The minimum Gasteiger partial charge on any atom is -0.486 e. The van der Waals surface area contributed by atoms with Gasteiger partial charge in [-0.05, 0) is 38.1 Å². The number of ether oxygens (including phenoxy) is 1. The van der Waals surface area contributed by atoms with Gasteiger partial charge in [-0.25, -0.2) is 17.8 Å². The van der Waals surface area contributed by atoms with E-state index in [4.69, 9.17) is 22.1 Å².